The molecule has 0 atom stereocenters. The van der Waals surface area contributed by atoms with Crippen LogP contribution in [0.5, 0.6) is 5.75 Å². The summed E-state index contributed by atoms with van der Waals surface area (Å²) in [4.78, 5) is 12.0. The van der Waals surface area contributed by atoms with Crippen molar-refractivity contribution in [3.05, 3.63) is 83.4 Å². The highest BCUT2D eigenvalue weighted by molar-refractivity contribution is 7.98. The number of carboxylic acids is 1. The van der Waals surface area contributed by atoms with E-state index >= 15 is 0 Å². The van der Waals surface area contributed by atoms with Crippen LogP contribution in [0, 0.1) is 6.92 Å². The minimum atomic E-state index is -3.96. The van der Waals surface area contributed by atoms with Crippen molar-refractivity contribution < 1.29 is 31.8 Å². The molecule has 6 nitrogen and oxygen atoms in total. The van der Waals surface area contributed by atoms with Gasteiger partial charge in [-0.15, -0.1) is 11.8 Å². The molecule has 174 valence electrons. The first kappa shape index (κ1) is 24.5. The number of carbonyl (C=O) groups is 1. The highest BCUT2D eigenvalue weighted by atomic mass is 32.2. The first-order chi connectivity index (χ1) is 15.6. The first-order valence-electron chi connectivity index (χ1n) is 9.73. The molecule has 0 aliphatic heterocycles. The van der Waals surface area contributed by atoms with Crippen molar-refractivity contribution in [2.45, 2.75) is 28.9 Å². The lowest BCUT2D eigenvalue weighted by Crippen LogP contribution is -2.14. The molecule has 0 aliphatic carbocycles. The molecule has 0 saturated heterocycles. The van der Waals surface area contributed by atoms with Crippen molar-refractivity contribution in [2.24, 2.45) is 0 Å². The predicted octanol–water partition coefficient (Wildman–Crippen LogP) is 5.43. The van der Waals surface area contributed by atoms with Crippen LogP contribution < -0.4 is 9.46 Å². The van der Waals surface area contributed by atoms with Gasteiger partial charge in [0.2, 0.25) is 0 Å². The van der Waals surface area contributed by atoms with E-state index in [4.69, 9.17) is 4.74 Å². The molecule has 0 bridgehead atoms. The van der Waals surface area contributed by atoms with Crippen LogP contribution >= 0.6 is 11.8 Å². The summed E-state index contributed by atoms with van der Waals surface area (Å²) in [6.45, 7) is 0.935. The molecule has 33 heavy (non-hydrogen) atoms. The molecule has 0 aromatic heterocycles. The maximum atomic E-state index is 12.6. The number of sulfonamides is 1. The van der Waals surface area contributed by atoms with E-state index < -0.39 is 29.0 Å². The Morgan fingerprint density at radius 1 is 1.09 bits per heavy atom. The zero-order chi connectivity index (χ0) is 24.0. The zero-order valence-electron chi connectivity index (χ0n) is 17.5. The van der Waals surface area contributed by atoms with Gasteiger partial charge in [-0.2, -0.15) is 0 Å². The lowest BCUT2D eigenvalue weighted by atomic mass is 10.1. The van der Waals surface area contributed by atoms with Crippen LogP contribution in [0.2, 0.25) is 0 Å². The predicted molar refractivity (Wildman–Crippen MR) is 123 cm³/mol. The van der Waals surface area contributed by atoms with Crippen LogP contribution in [0.4, 0.5) is 14.5 Å². The number of thioether (sulfide) groups is 1. The number of alkyl halides is 2. The SMILES string of the molecule is Cc1ccc(S(=O)(=O)Nc2ccc(SCc3cccc(OCC(F)F)c3)cc2)cc1C(=O)O. The molecule has 0 fully saturated rings. The number of anilines is 1. The largest absolute Gasteiger partial charge is 0.488 e. The van der Waals surface area contributed by atoms with Gasteiger partial charge >= 0.3 is 5.97 Å². The summed E-state index contributed by atoms with van der Waals surface area (Å²) in [7, 11) is -3.96. The molecule has 3 aromatic carbocycles. The summed E-state index contributed by atoms with van der Waals surface area (Å²) >= 11 is 1.49. The number of hydrogen-bond donors (Lipinski definition) is 2. The van der Waals surface area contributed by atoms with E-state index in [9.17, 15) is 27.1 Å². The van der Waals surface area contributed by atoms with Gasteiger partial charge in [0.05, 0.1) is 10.5 Å². The Labute approximate surface area is 194 Å². The van der Waals surface area contributed by atoms with Crippen LogP contribution in [-0.2, 0) is 15.8 Å². The molecule has 0 saturated carbocycles. The van der Waals surface area contributed by atoms with Crippen LogP contribution in [0.3, 0.4) is 0 Å². The summed E-state index contributed by atoms with van der Waals surface area (Å²) in [5.74, 6) is -0.254. The molecule has 3 rings (SSSR count). The molecule has 10 heteroatoms. The lowest BCUT2D eigenvalue weighted by molar-refractivity contribution is 0.0695. The third kappa shape index (κ3) is 6.93. The minimum absolute atomic E-state index is 0.0756. The van der Waals surface area contributed by atoms with Crippen LogP contribution in [0.15, 0.2) is 76.5 Å². The molecule has 0 unspecified atom stereocenters. The smallest absolute Gasteiger partial charge is 0.335 e. The molecular weight excluding hydrogens is 472 g/mol. The van der Waals surface area contributed by atoms with Gasteiger partial charge in [-0.25, -0.2) is 22.0 Å². The van der Waals surface area contributed by atoms with Gasteiger partial charge < -0.3 is 9.84 Å². The van der Waals surface area contributed by atoms with E-state index in [0.29, 0.717) is 22.8 Å². The molecule has 0 radical (unpaired) electrons. The molecule has 0 amide bonds. The lowest BCUT2D eigenvalue weighted by Gasteiger charge is -2.11. The highest BCUT2D eigenvalue weighted by Crippen LogP contribution is 2.27. The van der Waals surface area contributed by atoms with Crippen molar-refractivity contribution in [3.63, 3.8) is 0 Å². The van der Waals surface area contributed by atoms with Crippen molar-refractivity contribution >= 4 is 33.4 Å². The van der Waals surface area contributed by atoms with E-state index in [0.717, 1.165) is 16.5 Å². The Morgan fingerprint density at radius 3 is 2.48 bits per heavy atom. The van der Waals surface area contributed by atoms with Gasteiger partial charge in [-0.1, -0.05) is 18.2 Å². The normalized spacial score (nSPS) is 11.4. The van der Waals surface area contributed by atoms with Gasteiger partial charge in [0.15, 0.2) is 0 Å². The fourth-order valence-electron chi connectivity index (χ4n) is 2.88. The Balaban J connectivity index is 1.63. The van der Waals surface area contributed by atoms with Crippen LogP contribution in [0.25, 0.3) is 0 Å². The second-order valence-corrected chi connectivity index (χ2v) is 9.78. The monoisotopic (exact) mass is 493 g/mol. The Morgan fingerprint density at radius 2 is 1.82 bits per heavy atom. The number of aryl methyl sites for hydroxylation is 1. The van der Waals surface area contributed by atoms with Crippen LogP contribution in [-0.4, -0.2) is 32.5 Å². The van der Waals surface area contributed by atoms with Gasteiger partial charge in [0.25, 0.3) is 16.4 Å². The maximum absolute atomic E-state index is 12.6. The summed E-state index contributed by atoms with van der Waals surface area (Å²) in [5.41, 5.74) is 1.62. The van der Waals surface area contributed by atoms with E-state index in [1.165, 1.54) is 23.9 Å². The topological polar surface area (TPSA) is 92.7 Å². The fourth-order valence-corrected chi connectivity index (χ4v) is 4.81. The van der Waals surface area contributed by atoms with E-state index in [1.807, 2.05) is 6.07 Å². The standard InChI is InChI=1S/C23H21F2NO5S2/c1-15-5-10-20(12-21(15)23(27)28)33(29,30)26-17-6-8-19(9-7-17)32-14-16-3-2-4-18(11-16)31-13-22(24)25/h2-12,22,26H,13-14H2,1H3,(H,27,28). The maximum Gasteiger partial charge on any atom is 0.335 e. The minimum Gasteiger partial charge on any atom is -0.488 e. The number of benzene rings is 3. The average molecular weight is 494 g/mol. The number of hydrogen-bond acceptors (Lipinski definition) is 5. The fraction of sp³-hybridized carbons (Fsp3) is 0.174. The summed E-state index contributed by atoms with van der Waals surface area (Å²) in [6, 6.07) is 17.5. The van der Waals surface area contributed by atoms with E-state index in [-0.39, 0.29) is 10.5 Å². The third-order valence-corrected chi connectivity index (χ3v) is 7.00. The van der Waals surface area contributed by atoms with Gasteiger partial charge in [0, 0.05) is 16.3 Å². The highest BCUT2D eigenvalue weighted by Gasteiger charge is 2.18. The number of carboxylic acid groups (broad SMARTS) is 1. The van der Waals surface area contributed by atoms with Crippen molar-refractivity contribution in [1.29, 1.82) is 0 Å². The first-order valence-corrected chi connectivity index (χ1v) is 12.2. The number of aromatic carboxylic acids is 1. The Kier molecular flexibility index (Phi) is 7.93. The quantitative estimate of drug-likeness (QED) is 0.366. The second-order valence-electron chi connectivity index (χ2n) is 7.05. The third-order valence-electron chi connectivity index (χ3n) is 4.54. The Hall–Kier alpha value is -3.11. The van der Waals surface area contributed by atoms with Gasteiger partial charge in [-0.3, -0.25) is 4.72 Å². The molecule has 3 aromatic rings. The molecule has 2 N–H and O–H groups in total. The Bertz CT molecular complexity index is 1230. The average Bonchev–Trinajstić information content (AvgIpc) is 2.77. The number of rotatable bonds is 10. The summed E-state index contributed by atoms with van der Waals surface area (Å²) in [6.07, 6.45) is -2.54. The number of nitrogens with one attached hydrogen (secondary N) is 1. The summed E-state index contributed by atoms with van der Waals surface area (Å²) in [5, 5.41) is 9.22. The molecule has 0 spiro atoms. The molecular formula is C23H21F2NO5S2. The van der Waals surface area contributed by atoms with Gasteiger partial charge in [-0.05, 0) is 66.6 Å². The molecule has 0 aliphatic rings. The van der Waals surface area contributed by atoms with Crippen molar-refractivity contribution in [3.8, 4) is 5.75 Å². The van der Waals surface area contributed by atoms with Gasteiger partial charge in [0.1, 0.15) is 12.4 Å². The number of ether oxygens (including phenoxy) is 1. The van der Waals surface area contributed by atoms with E-state index in [1.54, 1.807) is 49.4 Å². The summed E-state index contributed by atoms with van der Waals surface area (Å²) < 4.78 is 57.3. The second kappa shape index (κ2) is 10.7. The number of halogens is 2. The van der Waals surface area contributed by atoms with Crippen molar-refractivity contribution in [2.75, 3.05) is 11.3 Å². The van der Waals surface area contributed by atoms with Crippen molar-refractivity contribution in [1.82, 2.24) is 0 Å². The van der Waals surface area contributed by atoms with Crippen LogP contribution in [0.1, 0.15) is 21.5 Å². The zero-order valence-corrected chi connectivity index (χ0v) is 19.1. The molecule has 0 heterocycles. The van der Waals surface area contributed by atoms with E-state index in [2.05, 4.69) is 4.72 Å².